The van der Waals surface area contributed by atoms with E-state index in [-0.39, 0.29) is 6.04 Å². The summed E-state index contributed by atoms with van der Waals surface area (Å²) in [4.78, 5) is 11.7. The van der Waals surface area contributed by atoms with Gasteiger partial charge in [-0.05, 0) is 30.9 Å². The lowest BCUT2D eigenvalue weighted by atomic mass is 9.84. The van der Waals surface area contributed by atoms with E-state index in [0.29, 0.717) is 17.3 Å². The number of benzene rings is 1. The number of carbonyl (C=O) groups excluding carboxylic acids is 1. The van der Waals surface area contributed by atoms with E-state index in [1.54, 1.807) is 10.9 Å². The first-order chi connectivity index (χ1) is 11.1. The van der Waals surface area contributed by atoms with Crippen molar-refractivity contribution in [1.29, 1.82) is 0 Å². The SMILES string of the molecule is C[C@H]1CCC[C@H](O)[C@@H]1n1cc(C(N)=O)c(Nc2ccccc2)n1. The average Bonchev–Trinajstić information content (AvgIpc) is 2.92. The van der Waals surface area contributed by atoms with E-state index in [2.05, 4.69) is 17.3 Å². The molecule has 0 unspecified atom stereocenters. The van der Waals surface area contributed by atoms with Crippen LogP contribution in [0.1, 0.15) is 42.6 Å². The molecule has 6 nitrogen and oxygen atoms in total. The van der Waals surface area contributed by atoms with Gasteiger partial charge in [-0.1, -0.05) is 31.5 Å². The van der Waals surface area contributed by atoms with Gasteiger partial charge in [0.15, 0.2) is 5.82 Å². The zero-order valence-corrected chi connectivity index (χ0v) is 13.1. The van der Waals surface area contributed by atoms with E-state index in [1.165, 1.54) is 0 Å². The third kappa shape index (κ3) is 3.22. The molecule has 122 valence electrons. The number of para-hydroxylation sites is 1. The van der Waals surface area contributed by atoms with Crippen molar-refractivity contribution in [2.75, 3.05) is 5.32 Å². The number of nitrogens with zero attached hydrogens (tertiary/aromatic N) is 2. The molecule has 3 rings (SSSR count). The fraction of sp³-hybridized carbons (Fsp3) is 0.412. The lowest BCUT2D eigenvalue weighted by Crippen LogP contribution is -2.33. The molecule has 1 aliphatic rings. The highest BCUT2D eigenvalue weighted by molar-refractivity contribution is 5.98. The Morgan fingerprint density at radius 3 is 2.74 bits per heavy atom. The van der Waals surface area contributed by atoms with Crippen molar-refractivity contribution in [2.24, 2.45) is 11.7 Å². The highest BCUT2D eigenvalue weighted by atomic mass is 16.3. The van der Waals surface area contributed by atoms with Crippen molar-refractivity contribution in [3.63, 3.8) is 0 Å². The first-order valence-electron chi connectivity index (χ1n) is 7.95. The number of anilines is 2. The molecule has 1 aliphatic carbocycles. The summed E-state index contributed by atoms with van der Waals surface area (Å²) in [6, 6.07) is 9.36. The second-order valence-electron chi connectivity index (χ2n) is 6.19. The number of amides is 1. The highest BCUT2D eigenvalue weighted by Crippen LogP contribution is 2.34. The topological polar surface area (TPSA) is 93.2 Å². The van der Waals surface area contributed by atoms with Gasteiger partial charge in [0.05, 0.1) is 12.1 Å². The second kappa shape index (κ2) is 6.42. The van der Waals surface area contributed by atoms with Crippen LogP contribution in [-0.4, -0.2) is 26.9 Å². The van der Waals surface area contributed by atoms with Crippen LogP contribution in [0.5, 0.6) is 0 Å². The van der Waals surface area contributed by atoms with Crippen LogP contribution in [0.25, 0.3) is 0 Å². The molecule has 1 aromatic heterocycles. The van der Waals surface area contributed by atoms with Crippen molar-refractivity contribution in [3.05, 3.63) is 42.1 Å². The van der Waals surface area contributed by atoms with Gasteiger partial charge in [-0.3, -0.25) is 9.48 Å². The molecule has 1 aromatic carbocycles. The molecule has 1 saturated carbocycles. The number of nitrogens with two attached hydrogens (primary N) is 1. The Morgan fingerprint density at radius 2 is 2.09 bits per heavy atom. The quantitative estimate of drug-likeness (QED) is 0.808. The summed E-state index contributed by atoms with van der Waals surface area (Å²) < 4.78 is 1.69. The molecule has 0 aliphatic heterocycles. The molecule has 6 heteroatoms. The maximum Gasteiger partial charge on any atom is 0.254 e. The second-order valence-corrected chi connectivity index (χ2v) is 6.19. The van der Waals surface area contributed by atoms with Crippen LogP contribution >= 0.6 is 0 Å². The Kier molecular flexibility index (Phi) is 4.34. The first-order valence-corrected chi connectivity index (χ1v) is 7.95. The number of aliphatic hydroxyl groups excluding tert-OH is 1. The predicted molar refractivity (Wildman–Crippen MR) is 88.5 cm³/mol. The van der Waals surface area contributed by atoms with Gasteiger partial charge in [-0.25, -0.2) is 0 Å². The summed E-state index contributed by atoms with van der Waals surface area (Å²) in [7, 11) is 0. The zero-order chi connectivity index (χ0) is 16.4. The molecule has 2 aromatic rings. The molecule has 0 saturated heterocycles. The van der Waals surface area contributed by atoms with Crippen LogP contribution in [0.2, 0.25) is 0 Å². The Balaban J connectivity index is 1.94. The molecule has 1 heterocycles. The van der Waals surface area contributed by atoms with Gasteiger partial charge in [-0.2, -0.15) is 5.10 Å². The summed E-state index contributed by atoms with van der Waals surface area (Å²) in [6.45, 7) is 2.10. The van der Waals surface area contributed by atoms with Gasteiger partial charge in [0.25, 0.3) is 5.91 Å². The van der Waals surface area contributed by atoms with Gasteiger partial charge in [0.1, 0.15) is 5.56 Å². The van der Waals surface area contributed by atoms with Crippen LogP contribution in [0.3, 0.4) is 0 Å². The lowest BCUT2D eigenvalue weighted by Gasteiger charge is -2.33. The van der Waals surface area contributed by atoms with E-state index in [4.69, 9.17) is 5.73 Å². The summed E-state index contributed by atoms with van der Waals surface area (Å²) in [5.41, 5.74) is 6.65. The summed E-state index contributed by atoms with van der Waals surface area (Å²) in [5.74, 6) is 0.185. The van der Waals surface area contributed by atoms with E-state index in [0.717, 1.165) is 24.9 Å². The van der Waals surface area contributed by atoms with Crippen molar-refractivity contribution < 1.29 is 9.90 Å². The van der Waals surface area contributed by atoms with Crippen LogP contribution in [0.15, 0.2) is 36.5 Å². The lowest BCUT2D eigenvalue weighted by molar-refractivity contribution is 0.0391. The van der Waals surface area contributed by atoms with Crippen LogP contribution in [-0.2, 0) is 0 Å². The fourth-order valence-corrected chi connectivity index (χ4v) is 3.28. The molecular weight excluding hydrogens is 292 g/mol. The number of rotatable bonds is 4. The van der Waals surface area contributed by atoms with Crippen molar-refractivity contribution in [3.8, 4) is 0 Å². The number of aliphatic hydroxyl groups is 1. The maximum atomic E-state index is 11.7. The number of aromatic nitrogens is 2. The number of hydrogen-bond acceptors (Lipinski definition) is 4. The van der Waals surface area contributed by atoms with E-state index >= 15 is 0 Å². The molecule has 1 amide bonds. The Hall–Kier alpha value is -2.34. The third-order valence-electron chi connectivity index (χ3n) is 4.48. The Bertz CT molecular complexity index is 673. The summed E-state index contributed by atoms with van der Waals surface area (Å²) >= 11 is 0. The standard InChI is InChI=1S/C17H22N4O2/c1-11-6-5-9-14(22)15(11)21-10-13(16(18)23)17(20-21)19-12-7-3-2-4-8-12/h2-4,7-8,10-11,14-15,22H,5-6,9H2,1H3,(H2,18,23)(H,19,20)/t11-,14-,15+/m0/s1. The number of hydrogen-bond donors (Lipinski definition) is 3. The minimum atomic E-state index is -0.535. The summed E-state index contributed by atoms with van der Waals surface area (Å²) in [5, 5.41) is 17.9. The van der Waals surface area contributed by atoms with Crippen molar-refractivity contribution in [1.82, 2.24) is 9.78 Å². The smallest absolute Gasteiger partial charge is 0.254 e. The molecule has 0 bridgehead atoms. The average molecular weight is 314 g/mol. The largest absolute Gasteiger partial charge is 0.391 e. The van der Waals surface area contributed by atoms with Crippen molar-refractivity contribution in [2.45, 2.75) is 38.3 Å². The Morgan fingerprint density at radius 1 is 1.35 bits per heavy atom. The molecule has 4 N–H and O–H groups in total. The molecule has 0 radical (unpaired) electrons. The van der Waals surface area contributed by atoms with Gasteiger partial charge >= 0.3 is 0 Å². The number of primary amides is 1. The summed E-state index contributed by atoms with van der Waals surface area (Å²) in [6.07, 6.45) is 3.99. The molecule has 1 fully saturated rings. The van der Waals surface area contributed by atoms with Gasteiger partial charge in [0, 0.05) is 11.9 Å². The van der Waals surface area contributed by atoms with Crippen molar-refractivity contribution >= 4 is 17.4 Å². The minimum absolute atomic E-state index is 0.131. The number of nitrogens with one attached hydrogen (secondary N) is 1. The normalized spacial score (nSPS) is 24.3. The molecule has 3 atom stereocenters. The van der Waals surface area contributed by atoms with E-state index in [9.17, 15) is 9.90 Å². The minimum Gasteiger partial charge on any atom is -0.391 e. The van der Waals surface area contributed by atoms with Gasteiger partial charge in [0.2, 0.25) is 0 Å². The zero-order valence-electron chi connectivity index (χ0n) is 13.1. The molecule has 0 spiro atoms. The van der Waals surface area contributed by atoms with Crippen LogP contribution in [0.4, 0.5) is 11.5 Å². The fourth-order valence-electron chi connectivity index (χ4n) is 3.28. The first kappa shape index (κ1) is 15.6. The van der Waals surface area contributed by atoms with Crippen LogP contribution < -0.4 is 11.1 Å². The Labute approximate surface area is 135 Å². The monoisotopic (exact) mass is 314 g/mol. The molecular formula is C17H22N4O2. The molecule has 23 heavy (non-hydrogen) atoms. The maximum absolute atomic E-state index is 11.7. The highest BCUT2D eigenvalue weighted by Gasteiger charge is 2.32. The van der Waals surface area contributed by atoms with E-state index < -0.39 is 12.0 Å². The number of carbonyl (C=O) groups is 1. The third-order valence-corrected chi connectivity index (χ3v) is 4.48. The van der Waals surface area contributed by atoms with E-state index in [1.807, 2.05) is 30.3 Å². The van der Waals surface area contributed by atoms with Crippen LogP contribution in [0, 0.1) is 5.92 Å². The predicted octanol–water partition coefficient (Wildman–Crippen LogP) is 2.45. The van der Waals surface area contributed by atoms with Gasteiger partial charge in [-0.15, -0.1) is 0 Å². The van der Waals surface area contributed by atoms with Gasteiger partial charge < -0.3 is 16.2 Å².